The maximum Gasteiger partial charge on any atom is 0.189 e. The molecule has 1 heterocycles. The molecule has 1 unspecified atom stereocenters. The second-order valence-corrected chi connectivity index (χ2v) is 8.84. The first kappa shape index (κ1) is 20.8. The molecule has 2 N–H and O–H groups in total. The van der Waals surface area contributed by atoms with E-state index < -0.39 is 17.3 Å². The Morgan fingerprint density at radius 1 is 1.07 bits per heavy atom. The van der Waals surface area contributed by atoms with Crippen LogP contribution in [0, 0.1) is 56.7 Å². The van der Waals surface area contributed by atoms with Crippen LogP contribution in [0.15, 0.2) is 35.9 Å². The van der Waals surface area contributed by atoms with Crippen LogP contribution in [0.3, 0.4) is 0 Å². The maximum absolute atomic E-state index is 10.1. The van der Waals surface area contributed by atoms with Gasteiger partial charge in [0.25, 0.3) is 0 Å². The molecule has 5 heteroatoms. The van der Waals surface area contributed by atoms with E-state index in [2.05, 4.69) is 64.1 Å². The fourth-order valence-corrected chi connectivity index (χ4v) is 4.86. The van der Waals surface area contributed by atoms with Crippen LogP contribution in [0.4, 0.5) is 0 Å². The molecule has 0 spiro atoms. The Labute approximate surface area is 173 Å². The molecule has 1 aliphatic heterocycles. The number of rotatable bonds is 3. The first-order valence-electron chi connectivity index (χ1n) is 10.3. The lowest BCUT2D eigenvalue weighted by Gasteiger charge is -2.47. The lowest BCUT2D eigenvalue weighted by atomic mass is 9.54. The number of quaternary nitrogens is 1. The minimum absolute atomic E-state index is 0.0709. The summed E-state index contributed by atoms with van der Waals surface area (Å²) in [5.74, 6) is -0.959. The summed E-state index contributed by atoms with van der Waals surface area (Å²) in [5, 5.41) is 38.7. The van der Waals surface area contributed by atoms with E-state index in [1.165, 1.54) is 10.5 Å². The zero-order chi connectivity index (χ0) is 21.3. The van der Waals surface area contributed by atoms with E-state index >= 15 is 0 Å². The molecular weight excluding hydrogens is 358 g/mol. The van der Waals surface area contributed by atoms with E-state index in [-0.39, 0.29) is 11.6 Å². The van der Waals surface area contributed by atoms with Crippen LogP contribution in [0.25, 0.3) is 0 Å². The number of nitrogens with zero attached hydrogens (tertiary/aromatic N) is 3. The van der Waals surface area contributed by atoms with Crippen molar-refractivity contribution < 1.29 is 4.90 Å². The van der Waals surface area contributed by atoms with E-state index in [1.54, 1.807) is 0 Å². The molecule has 1 fully saturated rings. The number of nitrogens with one attached hydrogen (secondary N) is 2. The molecule has 3 rings (SSSR count). The van der Waals surface area contributed by atoms with Crippen LogP contribution in [0.2, 0.25) is 0 Å². The Morgan fingerprint density at radius 3 is 2.17 bits per heavy atom. The Kier molecular flexibility index (Phi) is 5.61. The average Bonchev–Trinajstić information content (AvgIpc) is 2.72. The lowest BCUT2D eigenvalue weighted by molar-refractivity contribution is -0.920. The standard InChI is InChI=1S/C24H27N5/c1-15(2)17-5-7-18(8-6-17)22-21-12-29(16(3)4)10-9-19(21)20(11-25)23(28)24(22,13-26)14-27/h5-9,15-16,20-22,28H,10,12H2,1-4H3/p+1/t20-,21-,22+/m1/s1. The molecule has 4 atom stereocenters. The van der Waals surface area contributed by atoms with Crippen molar-refractivity contribution in [1.29, 1.82) is 21.2 Å². The van der Waals surface area contributed by atoms with E-state index in [4.69, 9.17) is 5.41 Å². The molecule has 1 aliphatic carbocycles. The summed E-state index contributed by atoms with van der Waals surface area (Å²) in [6.45, 7) is 10.1. The van der Waals surface area contributed by atoms with E-state index in [0.29, 0.717) is 12.0 Å². The van der Waals surface area contributed by atoms with Crippen molar-refractivity contribution in [1.82, 2.24) is 0 Å². The Bertz CT molecular complexity index is 935. The lowest BCUT2D eigenvalue weighted by Crippen LogP contribution is -3.16. The third-order valence-corrected chi connectivity index (χ3v) is 6.69. The number of nitriles is 3. The van der Waals surface area contributed by atoms with Crippen LogP contribution in [0.5, 0.6) is 0 Å². The quantitative estimate of drug-likeness (QED) is 0.781. The van der Waals surface area contributed by atoms with Crippen LogP contribution < -0.4 is 4.90 Å². The van der Waals surface area contributed by atoms with Gasteiger partial charge in [-0.15, -0.1) is 0 Å². The smallest absolute Gasteiger partial charge is 0.189 e. The molecule has 0 radical (unpaired) electrons. The monoisotopic (exact) mass is 386 g/mol. The Morgan fingerprint density at radius 2 is 1.69 bits per heavy atom. The number of hydrogen-bond acceptors (Lipinski definition) is 4. The van der Waals surface area contributed by atoms with Gasteiger partial charge in [-0.2, -0.15) is 15.8 Å². The van der Waals surface area contributed by atoms with Gasteiger partial charge < -0.3 is 10.3 Å². The van der Waals surface area contributed by atoms with E-state index in [1.807, 2.05) is 12.1 Å². The second kappa shape index (κ2) is 7.82. The molecule has 1 aromatic carbocycles. The van der Waals surface area contributed by atoms with Crippen molar-refractivity contribution in [2.75, 3.05) is 13.1 Å². The first-order valence-corrected chi connectivity index (χ1v) is 10.3. The van der Waals surface area contributed by atoms with Gasteiger partial charge in [0.2, 0.25) is 0 Å². The zero-order valence-corrected chi connectivity index (χ0v) is 17.5. The predicted molar refractivity (Wildman–Crippen MR) is 111 cm³/mol. The third kappa shape index (κ3) is 3.25. The highest BCUT2D eigenvalue weighted by molar-refractivity contribution is 6.00. The molecule has 0 saturated heterocycles. The van der Waals surface area contributed by atoms with Gasteiger partial charge in [-0.25, -0.2) is 0 Å². The van der Waals surface area contributed by atoms with Gasteiger partial charge in [0, 0.05) is 11.8 Å². The average molecular weight is 387 g/mol. The summed E-state index contributed by atoms with van der Waals surface area (Å²) in [6.07, 6.45) is 2.08. The molecule has 0 amide bonds. The molecule has 0 bridgehead atoms. The predicted octanol–water partition coefficient (Wildman–Crippen LogP) is 2.95. The summed E-state index contributed by atoms with van der Waals surface area (Å²) >= 11 is 0. The Balaban J connectivity index is 2.20. The fraction of sp³-hybridized carbons (Fsp3) is 0.500. The van der Waals surface area contributed by atoms with Crippen LogP contribution >= 0.6 is 0 Å². The summed E-state index contributed by atoms with van der Waals surface area (Å²) in [6, 6.07) is 15.1. The van der Waals surface area contributed by atoms with Crippen LogP contribution in [0.1, 0.15) is 50.7 Å². The maximum atomic E-state index is 10.1. The number of benzene rings is 1. The molecule has 5 nitrogen and oxygen atoms in total. The summed E-state index contributed by atoms with van der Waals surface area (Å²) in [5.41, 5.74) is 1.32. The molecule has 2 aliphatic rings. The molecule has 148 valence electrons. The molecule has 0 aromatic heterocycles. The minimum Gasteiger partial charge on any atom is -0.329 e. The normalized spacial score (nSPS) is 28.1. The Hall–Kier alpha value is -2.94. The minimum atomic E-state index is -1.62. The SMILES string of the molecule is CC(C)c1ccc([C@H]2[C@@H]3C[NH+](C(C)C)CC=C3[C@@H](C#N)C(=N)C2(C#N)C#N)cc1. The summed E-state index contributed by atoms with van der Waals surface area (Å²) < 4.78 is 0. The zero-order valence-electron chi connectivity index (χ0n) is 17.5. The van der Waals surface area contributed by atoms with Crippen molar-refractivity contribution in [3.63, 3.8) is 0 Å². The van der Waals surface area contributed by atoms with Gasteiger partial charge in [-0.1, -0.05) is 38.1 Å². The van der Waals surface area contributed by atoms with Gasteiger partial charge in [0.05, 0.1) is 43.1 Å². The van der Waals surface area contributed by atoms with Gasteiger partial charge in [-0.05, 0) is 42.5 Å². The molecule has 29 heavy (non-hydrogen) atoms. The van der Waals surface area contributed by atoms with Crippen LogP contribution in [-0.4, -0.2) is 24.8 Å². The molecular formula is C24H28N5+. The third-order valence-electron chi connectivity index (χ3n) is 6.69. The van der Waals surface area contributed by atoms with E-state index in [9.17, 15) is 15.8 Å². The van der Waals surface area contributed by atoms with Gasteiger partial charge in [-0.3, -0.25) is 0 Å². The number of fused-ring (bicyclic) bond motifs is 1. The van der Waals surface area contributed by atoms with Crippen molar-refractivity contribution >= 4 is 5.71 Å². The topological polar surface area (TPSA) is 99.7 Å². The number of hydrogen-bond donors (Lipinski definition) is 2. The molecule has 1 aromatic rings. The highest BCUT2D eigenvalue weighted by Crippen LogP contribution is 2.52. The largest absolute Gasteiger partial charge is 0.329 e. The molecule has 1 saturated carbocycles. The van der Waals surface area contributed by atoms with Gasteiger partial charge in [0.15, 0.2) is 5.41 Å². The van der Waals surface area contributed by atoms with Crippen molar-refractivity contribution in [2.45, 2.75) is 45.6 Å². The second-order valence-electron chi connectivity index (χ2n) is 8.84. The van der Waals surface area contributed by atoms with Gasteiger partial charge >= 0.3 is 0 Å². The van der Waals surface area contributed by atoms with Crippen LogP contribution in [-0.2, 0) is 0 Å². The highest BCUT2D eigenvalue weighted by atomic mass is 15.2. The summed E-state index contributed by atoms with van der Waals surface area (Å²) in [4.78, 5) is 1.37. The highest BCUT2D eigenvalue weighted by Gasteiger charge is 2.58. The van der Waals surface area contributed by atoms with Gasteiger partial charge in [0.1, 0.15) is 5.92 Å². The fourth-order valence-electron chi connectivity index (χ4n) is 4.86. The van der Waals surface area contributed by atoms with Crippen molar-refractivity contribution in [2.24, 2.45) is 17.3 Å². The van der Waals surface area contributed by atoms with Crippen molar-refractivity contribution in [3.05, 3.63) is 47.0 Å². The first-order chi connectivity index (χ1) is 13.8. The summed E-state index contributed by atoms with van der Waals surface area (Å²) in [7, 11) is 0. The van der Waals surface area contributed by atoms with Crippen molar-refractivity contribution in [3.8, 4) is 18.2 Å². The van der Waals surface area contributed by atoms with E-state index in [0.717, 1.165) is 24.2 Å².